The molecule has 0 bridgehead atoms. The Morgan fingerprint density at radius 1 is 1.19 bits per heavy atom. The van der Waals surface area contributed by atoms with Crippen LogP contribution in [0, 0.1) is 19.7 Å². The first-order chi connectivity index (χ1) is 13.0. The summed E-state index contributed by atoms with van der Waals surface area (Å²) >= 11 is 0. The Bertz CT molecular complexity index is 855. The number of H-pyrrole nitrogens is 1. The number of rotatable bonds is 5. The highest BCUT2D eigenvalue weighted by atomic mass is 19.1. The summed E-state index contributed by atoms with van der Waals surface area (Å²) in [5, 5.41) is 2.90. The molecule has 144 valence electrons. The van der Waals surface area contributed by atoms with Crippen molar-refractivity contribution in [2.45, 2.75) is 39.2 Å². The van der Waals surface area contributed by atoms with Crippen molar-refractivity contribution in [3.05, 3.63) is 68.9 Å². The molecule has 2 heterocycles. The summed E-state index contributed by atoms with van der Waals surface area (Å²) in [6, 6.07) is 8.01. The lowest BCUT2D eigenvalue weighted by Crippen LogP contribution is -2.41. The van der Waals surface area contributed by atoms with Crippen LogP contribution in [-0.2, 0) is 0 Å². The second-order valence-electron chi connectivity index (χ2n) is 7.19. The van der Waals surface area contributed by atoms with Crippen molar-refractivity contribution < 1.29 is 9.18 Å². The van der Waals surface area contributed by atoms with Crippen LogP contribution in [0.25, 0.3) is 0 Å². The molecule has 1 aromatic heterocycles. The van der Waals surface area contributed by atoms with Gasteiger partial charge in [0.1, 0.15) is 11.4 Å². The second-order valence-corrected chi connectivity index (χ2v) is 7.19. The van der Waals surface area contributed by atoms with Gasteiger partial charge in [0.15, 0.2) is 0 Å². The molecule has 1 saturated heterocycles. The fourth-order valence-corrected chi connectivity index (χ4v) is 3.55. The Labute approximate surface area is 158 Å². The van der Waals surface area contributed by atoms with E-state index in [1.165, 1.54) is 18.6 Å². The number of nitrogens with one attached hydrogen (secondary N) is 2. The van der Waals surface area contributed by atoms with Gasteiger partial charge >= 0.3 is 0 Å². The zero-order valence-electron chi connectivity index (χ0n) is 15.8. The molecule has 1 aliphatic heterocycles. The van der Waals surface area contributed by atoms with E-state index in [0.717, 1.165) is 42.8 Å². The van der Waals surface area contributed by atoms with Gasteiger partial charge in [0.2, 0.25) is 0 Å². The van der Waals surface area contributed by atoms with Gasteiger partial charge in [-0.1, -0.05) is 18.6 Å². The third-order valence-corrected chi connectivity index (χ3v) is 5.28. The maximum Gasteiger partial charge on any atom is 0.261 e. The molecule has 5 nitrogen and oxygen atoms in total. The number of hydrogen-bond donors (Lipinski definition) is 2. The van der Waals surface area contributed by atoms with Gasteiger partial charge in [-0.3, -0.25) is 14.5 Å². The molecule has 0 saturated carbocycles. The average Bonchev–Trinajstić information content (AvgIpc) is 2.67. The van der Waals surface area contributed by atoms with Crippen molar-refractivity contribution >= 4 is 5.91 Å². The van der Waals surface area contributed by atoms with Crippen molar-refractivity contribution in [2.75, 3.05) is 19.6 Å². The van der Waals surface area contributed by atoms with Crippen LogP contribution in [0.5, 0.6) is 0 Å². The molecule has 0 radical (unpaired) electrons. The van der Waals surface area contributed by atoms with Gasteiger partial charge in [0.25, 0.3) is 11.5 Å². The normalized spacial score (nSPS) is 16.1. The van der Waals surface area contributed by atoms with E-state index in [1.54, 1.807) is 25.1 Å². The SMILES string of the molecule is Cc1cc(C(=O)NC[C@@H](c2ccc(F)cc2)N2CCCCC2)c(=O)[nH]c1C. The topological polar surface area (TPSA) is 65.2 Å². The van der Waals surface area contributed by atoms with Gasteiger partial charge in [-0.15, -0.1) is 0 Å². The number of carbonyl (C=O) groups excluding carboxylic acids is 1. The van der Waals surface area contributed by atoms with Crippen LogP contribution in [0.3, 0.4) is 0 Å². The molecule has 1 aliphatic rings. The third kappa shape index (κ3) is 4.63. The maximum atomic E-state index is 13.3. The lowest BCUT2D eigenvalue weighted by atomic mass is 10.0. The first kappa shape index (κ1) is 19.3. The molecule has 0 spiro atoms. The molecule has 6 heteroatoms. The smallest absolute Gasteiger partial charge is 0.261 e. The number of piperidine rings is 1. The highest BCUT2D eigenvalue weighted by molar-refractivity contribution is 5.94. The van der Waals surface area contributed by atoms with Crippen LogP contribution < -0.4 is 10.9 Å². The Hall–Kier alpha value is -2.47. The number of hydrogen-bond acceptors (Lipinski definition) is 3. The minimum Gasteiger partial charge on any atom is -0.350 e. The first-order valence-electron chi connectivity index (χ1n) is 9.44. The fraction of sp³-hybridized carbons (Fsp3) is 0.429. The molecule has 1 aromatic carbocycles. The van der Waals surface area contributed by atoms with E-state index in [4.69, 9.17) is 0 Å². The zero-order chi connectivity index (χ0) is 19.4. The summed E-state index contributed by atoms with van der Waals surface area (Å²) in [5.74, 6) is -0.662. The van der Waals surface area contributed by atoms with Crippen molar-refractivity contribution in [3.63, 3.8) is 0 Å². The monoisotopic (exact) mass is 371 g/mol. The summed E-state index contributed by atoms with van der Waals surface area (Å²) < 4.78 is 13.3. The summed E-state index contributed by atoms with van der Waals surface area (Å²) in [4.78, 5) is 29.7. The first-order valence-corrected chi connectivity index (χ1v) is 9.44. The summed E-state index contributed by atoms with van der Waals surface area (Å²) in [6.45, 7) is 5.93. The number of halogens is 1. The molecule has 1 fully saturated rings. The molecular formula is C21H26FN3O2. The van der Waals surface area contributed by atoms with Crippen LogP contribution in [0.4, 0.5) is 4.39 Å². The summed E-state index contributed by atoms with van der Waals surface area (Å²) in [5.41, 5.74) is 2.33. The van der Waals surface area contributed by atoms with Gasteiger partial charge in [-0.05, 0) is 69.1 Å². The number of aromatic nitrogens is 1. The van der Waals surface area contributed by atoms with E-state index in [2.05, 4.69) is 15.2 Å². The van der Waals surface area contributed by atoms with E-state index < -0.39 is 0 Å². The molecule has 0 unspecified atom stereocenters. The number of pyridine rings is 1. The minimum absolute atomic E-state index is 0.0412. The number of nitrogens with zero attached hydrogens (tertiary/aromatic N) is 1. The predicted octanol–water partition coefficient (Wildman–Crippen LogP) is 3.09. The van der Waals surface area contributed by atoms with E-state index >= 15 is 0 Å². The standard InChI is InChI=1S/C21H26FN3O2/c1-14-12-18(21(27)24-15(14)2)20(26)23-13-19(25-10-4-3-5-11-25)16-6-8-17(22)9-7-16/h6-9,12,19H,3-5,10-11,13H2,1-2H3,(H,23,26)(H,24,27)/t19-/m0/s1. The zero-order valence-corrected chi connectivity index (χ0v) is 15.8. The maximum absolute atomic E-state index is 13.3. The number of likely N-dealkylation sites (tertiary alicyclic amines) is 1. The molecule has 3 rings (SSSR count). The van der Waals surface area contributed by atoms with Gasteiger partial charge in [0, 0.05) is 12.2 Å². The van der Waals surface area contributed by atoms with Crippen LogP contribution in [0.1, 0.15) is 52.5 Å². The number of aryl methyl sites for hydroxylation is 2. The number of carbonyl (C=O) groups is 1. The number of amides is 1. The van der Waals surface area contributed by atoms with E-state index in [0.29, 0.717) is 6.54 Å². The predicted molar refractivity (Wildman–Crippen MR) is 103 cm³/mol. The molecule has 0 aliphatic carbocycles. The van der Waals surface area contributed by atoms with E-state index in [9.17, 15) is 14.0 Å². The molecule has 1 atom stereocenters. The van der Waals surface area contributed by atoms with Gasteiger partial charge in [-0.2, -0.15) is 0 Å². The highest BCUT2D eigenvalue weighted by Gasteiger charge is 2.23. The third-order valence-electron chi connectivity index (χ3n) is 5.28. The lowest BCUT2D eigenvalue weighted by molar-refractivity contribution is 0.0922. The second kappa shape index (κ2) is 8.48. The average molecular weight is 371 g/mol. The molecule has 27 heavy (non-hydrogen) atoms. The van der Waals surface area contributed by atoms with Crippen LogP contribution >= 0.6 is 0 Å². The Balaban J connectivity index is 1.78. The van der Waals surface area contributed by atoms with E-state index in [-0.39, 0.29) is 28.9 Å². The number of aromatic amines is 1. The highest BCUT2D eigenvalue weighted by Crippen LogP contribution is 2.24. The van der Waals surface area contributed by atoms with Gasteiger partial charge in [-0.25, -0.2) is 4.39 Å². The molecule has 2 aromatic rings. The number of benzene rings is 1. The van der Waals surface area contributed by atoms with Gasteiger partial charge < -0.3 is 10.3 Å². The Morgan fingerprint density at radius 2 is 1.85 bits per heavy atom. The lowest BCUT2D eigenvalue weighted by Gasteiger charge is -2.35. The molecular weight excluding hydrogens is 345 g/mol. The summed E-state index contributed by atoms with van der Waals surface area (Å²) in [7, 11) is 0. The summed E-state index contributed by atoms with van der Waals surface area (Å²) in [6.07, 6.45) is 3.43. The van der Waals surface area contributed by atoms with Crippen molar-refractivity contribution in [1.82, 2.24) is 15.2 Å². The minimum atomic E-state index is -0.386. The molecule has 1 amide bonds. The van der Waals surface area contributed by atoms with Crippen LogP contribution in [0.15, 0.2) is 35.1 Å². The molecule has 2 N–H and O–H groups in total. The fourth-order valence-electron chi connectivity index (χ4n) is 3.55. The van der Waals surface area contributed by atoms with Crippen LogP contribution in [-0.4, -0.2) is 35.4 Å². The van der Waals surface area contributed by atoms with Crippen molar-refractivity contribution in [3.8, 4) is 0 Å². The van der Waals surface area contributed by atoms with Crippen molar-refractivity contribution in [2.24, 2.45) is 0 Å². The van der Waals surface area contributed by atoms with Crippen molar-refractivity contribution in [1.29, 1.82) is 0 Å². The van der Waals surface area contributed by atoms with E-state index in [1.807, 2.05) is 6.92 Å². The quantitative estimate of drug-likeness (QED) is 0.849. The van der Waals surface area contributed by atoms with Crippen LogP contribution in [0.2, 0.25) is 0 Å². The Morgan fingerprint density at radius 3 is 2.52 bits per heavy atom. The Kier molecular flexibility index (Phi) is 6.06. The largest absolute Gasteiger partial charge is 0.350 e. The van der Waals surface area contributed by atoms with Gasteiger partial charge in [0.05, 0.1) is 6.04 Å².